The van der Waals surface area contributed by atoms with Crippen LogP contribution in [-0.4, -0.2) is 24.5 Å². The zero-order valence-electron chi connectivity index (χ0n) is 10.8. The first-order valence-corrected chi connectivity index (χ1v) is 6.20. The number of carbonyl (C=O) groups excluding carboxylic acids is 1. The summed E-state index contributed by atoms with van der Waals surface area (Å²) < 4.78 is 5.07. The third-order valence-electron chi connectivity index (χ3n) is 3.29. The van der Waals surface area contributed by atoms with Crippen LogP contribution >= 0.6 is 0 Å². The molecule has 0 N–H and O–H groups in total. The lowest BCUT2D eigenvalue weighted by Gasteiger charge is -2.16. The van der Waals surface area contributed by atoms with E-state index in [1.807, 2.05) is 23.1 Å². The number of hydrogen-bond acceptors (Lipinski definition) is 2. The monoisotopic (exact) mass is 245 g/mol. The molecular formula is C15H19NO2. The maximum absolute atomic E-state index is 11.8. The summed E-state index contributed by atoms with van der Waals surface area (Å²) in [6.07, 6.45) is 2.48. The van der Waals surface area contributed by atoms with E-state index >= 15 is 0 Å². The van der Waals surface area contributed by atoms with Crippen molar-refractivity contribution >= 4 is 5.91 Å². The molecule has 1 aromatic rings. The summed E-state index contributed by atoms with van der Waals surface area (Å²) in [5, 5.41) is 0. The largest absolute Gasteiger partial charge is 0.380 e. The van der Waals surface area contributed by atoms with E-state index in [1.165, 1.54) is 0 Å². The van der Waals surface area contributed by atoms with Crippen LogP contribution in [0.4, 0.5) is 0 Å². The first-order valence-electron chi connectivity index (χ1n) is 6.20. The van der Waals surface area contributed by atoms with Gasteiger partial charge in [0.1, 0.15) is 0 Å². The molecule has 1 aromatic carbocycles. The second-order valence-corrected chi connectivity index (χ2v) is 4.72. The van der Waals surface area contributed by atoms with Crippen LogP contribution in [0, 0.1) is 5.92 Å². The summed E-state index contributed by atoms with van der Waals surface area (Å²) in [5.41, 5.74) is 2.31. The lowest BCUT2D eigenvalue weighted by Crippen LogP contribution is -2.24. The number of likely N-dealkylation sites (tertiary alicyclic amines) is 1. The number of amides is 1. The molecule has 1 fully saturated rings. The highest BCUT2D eigenvalue weighted by Crippen LogP contribution is 2.20. The number of nitrogens with zero attached hydrogens (tertiary/aromatic N) is 1. The van der Waals surface area contributed by atoms with E-state index in [0.29, 0.717) is 25.5 Å². The number of rotatable bonds is 5. The van der Waals surface area contributed by atoms with Crippen LogP contribution in [0.25, 0.3) is 0 Å². The summed E-state index contributed by atoms with van der Waals surface area (Å²) in [6, 6.07) is 8.21. The minimum absolute atomic E-state index is 0.223. The summed E-state index contributed by atoms with van der Waals surface area (Å²) in [4.78, 5) is 13.7. The van der Waals surface area contributed by atoms with Crippen molar-refractivity contribution in [3.8, 4) is 0 Å². The van der Waals surface area contributed by atoms with Gasteiger partial charge in [-0.2, -0.15) is 0 Å². The van der Waals surface area contributed by atoms with E-state index in [2.05, 4.69) is 18.7 Å². The van der Waals surface area contributed by atoms with Crippen molar-refractivity contribution in [2.24, 2.45) is 5.92 Å². The molecular weight excluding hydrogens is 226 g/mol. The Bertz CT molecular complexity index is 425. The normalized spacial score (nSPS) is 19.3. The lowest BCUT2D eigenvalue weighted by molar-refractivity contribution is -0.128. The van der Waals surface area contributed by atoms with Crippen molar-refractivity contribution in [3.05, 3.63) is 48.0 Å². The van der Waals surface area contributed by atoms with Crippen molar-refractivity contribution in [1.29, 1.82) is 0 Å². The van der Waals surface area contributed by atoms with Crippen LogP contribution in [0.1, 0.15) is 17.5 Å². The fraction of sp³-hybridized carbons (Fsp3) is 0.400. The van der Waals surface area contributed by atoms with Crippen LogP contribution in [0.5, 0.6) is 0 Å². The number of carbonyl (C=O) groups is 1. The van der Waals surface area contributed by atoms with Crippen molar-refractivity contribution in [2.45, 2.75) is 19.6 Å². The Morgan fingerprint density at radius 2 is 2.06 bits per heavy atom. The van der Waals surface area contributed by atoms with Crippen molar-refractivity contribution < 1.29 is 9.53 Å². The van der Waals surface area contributed by atoms with Crippen molar-refractivity contribution in [2.75, 3.05) is 13.7 Å². The Hall–Kier alpha value is -1.61. The molecule has 1 amide bonds. The summed E-state index contributed by atoms with van der Waals surface area (Å²) in [6.45, 7) is 5.87. The molecule has 1 saturated heterocycles. The molecule has 0 saturated carbocycles. The van der Waals surface area contributed by atoms with Gasteiger partial charge in [-0.05, 0) is 11.1 Å². The van der Waals surface area contributed by atoms with Gasteiger partial charge >= 0.3 is 0 Å². The molecule has 1 atom stereocenters. The van der Waals surface area contributed by atoms with Gasteiger partial charge in [-0.3, -0.25) is 4.79 Å². The first kappa shape index (κ1) is 12.8. The quantitative estimate of drug-likeness (QED) is 0.745. The fourth-order valence-electron chi connectivity index (χ4n) is 2.24. The van der Waals surface area contributed by atoms with E-state index in [4.69, 9.17) is 4.74 Å². The molecule has 0 bridgehead atoms. The number of methoxy groups -OCH3 is 1. The van der Waals surface area contributed by atoms with Crippen molar-refractivity contribution in [1.82, 2.24) is 4.90 Å². The Balaban J connectivity index is 1.97. The van der Waals surface area contributed by atoms with E-state index < -0.39 is 0 Å². The van der Waals surface area contributed by atoms with Gasteiger partial charge in [-0.15, -0.1) is 6.58 Å². The van der Waals surface area contributed by atoms with Gasteiger partial charge in [-0.25, -0.2) is 0 Å². The van der Waals surface area contributed by atoms with Gasteiger partial charge in [0.15, 0.2) is 0 Å². The van der Waals surface area contributed by atoms with Gasteiger partial charge in [0, 0.05) is 32.5 Å². The Morgan fingerprint density at radius 1 is 1.39 bits per heavy atom. The number of ether oxygens (including phenoxy) is 1. The van der Waals surface area contributed by atoms with E-state index in [-0.39, 0.29) is 5.91 Å². The standard InChI is InChI=1S/C15H19NO2/c1-3-12-8-15(17)16(9-12)10-13-4-6-14(7-5-13)11-18-2/h3-7,12H,1,8-11H2,2H3. The third-order valence-corrected chi connectivity index (χ3v) is 3.29. The first-order chi connectivity index (χ1) is 8.72. The van der Waals surface area contributed by atoms with Crippen LogP contribution in [0.3, 0.4) is 0 Å². The molecule has 3 heteroatoms. The molecule has 0 spiro atoms. The van der Waals surface area contributed by atoms with Crippen molar-refractivity contribution in [3.63, 3.8) is 0 Å². The van der Waals surface area contributed by atoms with Crippen LogP contribution in [0.2, 0.25) is 0 Å². The third kappa shape index (κ3) is 2.99. The summed E-state index contributed by atoms with van der Waals surface area (Å²) >= 11 is 0. The van der Waals surface area contributed by atoms with Gasteiger partial charge in [0.2, 0.25) is 5.91 Å². The minimum atomic E-state index is 0.223. The predicted octanol–water partition coefficient (Wildman–Crippen LogP) is 2.37. The smallest absolute Gasteiger partial charge is 0.223 e. The molecule has 3 nitrogen and oxygen atoms in total. The summed E-state index contributed by atoms with van der Waals surface area (Å²) in [7, 11) is 1.69. The lowest BCUT2D eigenvalue weighted by atomic mass is 10.1. The number of hydrogen-bond donors (Lipinski definition) is 0. The Morgan fingerprint density at radius 3 is 2.61 bits per heavy atom. The average molecular weight is 245 g/mol. The van der Waals surface area contributed by atoms with Gasteiger partial charge in [0.25, 0.3) is 0 Å². The predicted molar refractivity (Wildman–Crippen MR) is 70.9 cm³/mol. The van der Waals surface area contributed by atoms with Crippen LogP contribution in [-0.2, 0) is 22.7 Å². The zero-order valence-corrected chi connectivity index (χ0v) is 10.8. The highest BCUT2D eigenvalue weighted by atomic mass is 16.5. The molecule has 1 aliphatic heterocycles. The Kier molecular flexibility index (Phi) is 4.15. The van der Waals surface area contributed by atoms with Crippen LogP contribution < -0.4 is 0 Å². The topological polar surface area (TPSA) is 29.5 Å². The molecule has 0 radical (unpaired) electrons. The molecule has 96 valence electrons. The molecule has 18 heavy (non-hydrogen) atoms. The highest BCUT2D eigenvalue weighted by Gasteiger charge is 2.27. The average Bonchev–Trinajstić information content (AvgIpc) is 2.73. The molecule has 1 aliphatic rings. The van der Waals surface area contributed by atoms with Gasteiger partial charge in [-0.1, -0.05) is 30.3 Å². The molecule has 1 unspecified atom stereocenters. The second kappa shape index (κ2) is 5.83. The number of benzene rings is 1. The van der Waals surface area contributed by atoms with Crippen LogP contribution in [0.15, 0.2) is 36.9 Å². The molecule has 0 aromatic heterocycles. The van der Waals surface area contributed by atoms with E-state index in [9.17, 15) is 4.79 Å². The zero-order chi connectivity index (χ0) is 13.0. The Labute approximate surface area is 108 Å². The van der Waals surface area contributed by atoms with Gasteiger partial charge in [0.05, 0.1) is 6.61 Å². The van der Waals surface area contributed by atoms with E-state index in [0.717, 1.165) is 17.7 Å². The minimum Gasteiger partial charge on any atom is -0.380 e. The summed E-state index contributed by atoms with van der Waals surface area (Å²) in [5.74, 6) is 0.533. The highest BCUT2D eigenvalue weighted by molar-refractivity contribution is 5.78. The SMILES string of the molecule is C=CC1CC(=O)N(Cc2ccc(COC)cc2)C1. The molecule has 1 heterocycles. The van der Waals surface area contributed by atoms with E-state index in [1.54, 1.807) is 7.11 Å². The fourth-order valence-corrected chi connectivity index (χ4v) is 2.24. The van der Waals surface area contributed by atoms with Gasteiger partial charge < -0.3 is 9.64 Å². The molecule has 2 rings (SSSR count). The molecule has 0 aliphatic carbocycles. The maximum atomic E-state index is 11.8. The second-order valence-electron chi connectivity index (χ2n) is 4.72. The maximum Gasteiger partial charge on any atom is 0.223 e.